The number of fused-ring (bicyclic) bond motifs is 1. The van der Waals surface area contributed by atoms with Crippen LogP contribution < -0.4 is 20.9 Å². The van der Waals surface area contributed by atoms with Gasteiger partial charge in [0.1, 0.15) is 5.69 Å². The molecule has 92 valence electrons. The maximum atomic E-state index is 13.8. The molecule has 18 heavy (non-hydrogen) atoms. The maximum absolute atomic E-state index is 13.8. The van der Waals surface area contributed by atoms with Gasteiger partial charge in [0.2, 0.25) is 12.7 Å². The lowest BCUT2D eigenvalue weighted by Crippen LogP contribution is -2.05. The molecule has 1 aliphatic rings. The Bertz CT molecular complexity index is 633. The predicted molar refractivity (Wildman–Crippen MR) is 62.4 cm³/mol. The molecule has 4 N–H and O–H groups in total. The molecule has 0 fully saturated rings. The number of nitrogen functional groups attached to an aromatic ring is 2. The van der Waals surface area contributed by atoms with Gasteiger partial charge in [-0.25, -0.2) is 9.37 Å². The van der Waals surface area contributed by atoms with Crippen molar-refractivity contribution < 1.29 is 13.9 Å². The van der Waals surface area contributed by atoms with E-state index in [1.165, 1.54) is 0 Å². The highest BCUT2D eigenvalue weighted by Gasteiger charge is 2.18. The molecular formula is C11H9FN4O2. The van der Waals surface area contributed by atoms with E-state index in [1.807, 2.05) is 0 Å². The van der Waals surface area contributed by atoms with Gasteiger partial charge in [-0.1, -0.05) is 0 Å². The number of halogens is 1. The van der Waals surface area contributed by atoms with Gasteiger partial charge in [-0.3, -0.25) is 0 Å². The Balaban J connectivity index is 2.15. The molecule has 0 spiro atoms. The van der Waals surface area contributed by atoms with Crippen LogP contribution in [0.1, 0.15) is 0 Å². The van der Waals surface area contributed by atoms with Gasteiger partial charge < -0.3 is 20.9 Å². The Kier molecular flexibility index (Phi) is 2.19. The molecule has 7 heteroatoms. The van der Waals surface area contributed by atoms with Crippen molar-refractivity contribution in [2.24, 2.45) is 0 Å². The fraction of sp³-hybridized carbons (Fsp3) is 0.0909. The van der Waals surface area contributed by atoms with Crippen LogP contribution in [0.3, 0.4) is 0 Å². The molecule has 3 rings (SSSR count). The van der Waals surface area contributed by atoms with E-state index in [0.717, 1.165) is 0 Å². The van der Waals surface area contributed by atoms with Crippen LogP contribution in [0.4, 0.5) is 16.2 Å². The number of benzene rings is 1. The lowest BCUT2D eigenvalue weighted by atomic mass is 10.1. The van der Waals surface area contributed by atoms with Gasteiger partial charge in [0.05, 0.1) is 0 Å². The van der Waals surface area contributed by atoms with Crippen molar-refractivity contribution in [3.8, 4) is 22.8 Å². The van der Waals surface area contributed by atoms with Crippen molar-refractivity contribution >= 4 is 11.8 Å². The lowest BCUT2D eigenvalue weighted by molar-refractivity contribution is 0.174. The first-order chi connectivity index (χ1) is 8.65. The van der Waals surface area contributed by atoms with E-state index in [-0.39, 0.29) is 24.3 Å². The van der Waals surface area contributed by atoms with Crippen molar-refractivity contribution in [3.05, 3.63) is 24.0 Å². The van der Waals surface area contributed by atoms with Crippen LogP contribution in [-0.4, -0.2) is 16.8 Å². The highest BCUT2D eigenvalue weighted by Crippen LogP contribution is 2.36. The molecule has 1 aliphatic heterocycles. The second-order valence-electron chi connectivity index (χ2n) is 3.70. The quantitative estimate of drug-likeness (QED) is 0.786. The third-order valence-electron chi connectivity index (χ3n) is 2.54. The van der Waals surface area contributed by atoms with E-state index in [9.17, 15) is 4.39 Å². The fourth-order valence-corrected chi connectivity index (χ4v) is 1.72. The molecule has 1 aromatic heterocycles. The minimum absolute atomic E-state index is 0.0401. The molecule has 0 bridgehead atoms. The van der Waals surface area contributed by atoms with E-state index in [2.05, 4.69) is 9.97 Å². The molecule has 0 saturated carbocycles. The number of aromatic nitrogens is 2. The highest BCUT2D eigenvalue weighted by atomic mass is 19.1. The normalized spacial score (nSPS) is 12.7. The van der Waals surface area contributed by atoms with Crippen molar-refractivity contribution in [1.82, 2.24) is 9.97 Å². The van der Waals surface area contributed by atoms with Gasteiger partial charge in [0.15, 0.2) is 23.1 Å². The SMILES string of the molecule is Nc1nc(N)c(F)c(-c2ccc3c(c2)OCO3)n1. The van der Waals surface area contributed by atoms with Crippen LogP contribution in [0, 0.1) is 5.82 Å². The third kappa shape index (κ3) is 1.56. The largest absolute Gasteiger partial charge is 0.454 e. The number of hydrogen-bond acceptors (Lipinski definition) is 6. The second-order valence-corrected chi connectivity index (χ2v) is 3.70. The second kappa shape index (κ2) is 3.73. The summed E-state index contributed by atoms with van der Waals surface area (Å²) >= 11 is 0. The van der Waals surface area contributed by atoms with E-state index < -0.39 is 5.82 Å². The predicted octanol–water partition coefficient (Wildman–Crippen LogP) is 1.18. The molecule has 2 heterocycles. The van der Waals surface area contributed by atoms with Crippen molar-refractivity contribution in [2.75, 3.05) is 18.3 Å². The summed E-state index contributed by atoms with van der Waals surface area (Å²) in [6, 6.07) is 4.94. The number of ether oxygens (including phenoxy) is 2. The summed E-state index contributed by atoms with van der Waals surface area (Å²) < 4.78 is 24.2. The molecule has 2 aromatic rings. The van der Waals surface area contributed by atoms with Crippen LogP contribution >= 0.6 is 0 Å². The lowest BCUT2D eigenvalue weighted by Gasteiger charge is -2.06. The maximum Gasteiger partial charge on any atom is 0.231 e. The molecule has 0 amide bonds. The van der Waals surface area contributed by atoms with E-state index in [0.29, 0.717) is 17.1 Å². The van der Waals surface area contributed by atoms with Crippen LogP contribution in [-0.2, 0) is 0 Å². The average Bonchev–Trinajstić information content (AvgIpc) is 2.80. The molecule has 0 saturated heterocycles. The number of nitrogens with zero attached hydrogens (tertiary/aromatic N) is 2. The molecule has 1 aromatic carbocycles. The first-order valence-corrected chi connectivity index (χ1v) is 5.13. The van der Waals surface area contributed by atoms with Gasteiger partial charge in [-0.15, -0.1) is 0 Å². The summed E-state index contributed by atoms with van der Waals surface area (Å²) in [7, 11) is 0. The number of hydrogen-bond donors (Lipinski definition) is 2. The summed E-state index contributed by atoms with van der Waals surface area (Å²) in [6.07, 6.45) is 0. The van der Waals surface area contributed by atoms with Crippen LogP contribution in [0.25, 0.3) is 11.3 Å². The number of rotatable bonds is 1. The van der Waals surface area contributed by atoms with Crippen molar-refractivity contribution in [1.29, 1.82) is 0 Å². The standard InChI is InChI=1S/C11H9FN4O2/c12-8-9(15-11(14)16-10(8)13)5-1-2-6-7(3-5)18-4-17-6/h1-3H,4H2,(H4,13,14,15,16). The van der Waals surface area contributed by atoms with Gasteiger partial charge in [0.25, 0.3) is 0 Å². The van der Waals surface area contributed by atoms with Gasteiger partial charge in [-0.2, -0.15) is 4.98 Å². The topological polar surface area (TPSA) is 96.3 Å². The minimum Gasteiger partial charge on any atom is -0.454 e. The average molecular weight is 248 g/mol. The van der Waals surface area contributed by atoms with Gasteiger partial charge in [0, 0.05) is 5.56 Å². The minimum atomic E-state index is -0.705. The zero-order chi connectivity index (χ0) is 12.7. The summed E-state index contributed by atoms with van der Waals surface area (Å²) in [4.78, 5) is 7.39. The van der Waals surface area contributed by atoms with Crippen molar-refractivity contribution in [2.45, 2.75) is 0 Å². The Morgan fingerprint density at radius 3 is 2.72 bits per heavy atom. The monoisotopic (exact) mass is 248 g/mol. The Labute approximate surface area is 101 Å². The summed E-state index contributed by atoms with van der Waals surface area (Å²) in [5.74, 6) is 0.0663. The summed E-state index contributed by atoms with van der Waals surface area (Å²) in [5, 5.41) is 0. The third-order valence-corrected chi connectivity index (χ3v) is 2.54. The zero-order valence-electron chi connectivity index (χ0n) is 9.18. The van der Waals surface area contributed by atoms with Gasteiger partial charge >= 0.3 is 0 Å². The van der Waals surface area contributed by atoms with E-state index in [1.54, 1.807) is 18.2 Å². The summed E-state index contributed by atoms with van der Waals surface area (Å²) in [6.45, 7) is 0.148. The van der Waals surface area contributed by atoms with Gasteiger partial charge in [-0.05, 0) is 18.2 Å². The van der Waals surface area contributed by atoms with Crippen LogP contribution in [0.2, 0.25) is 0 Å². The molecule has 6 nitrogen and oxygen atoms in total. The molecular weight excluding hydrogens is 239 g/mol. The fourth-order valence-electron chi connectivity index (χ4n) is 1.72. The highest BCUT2D eigenvalue weighted by molar-refractivity contribution is 5.68. The molecule has 0 atom stereocenters. The van der Waals surface area contributed by atoms with E-state index in [4.69, 9.17) is 20.9 Å². The first-order valence-electron chi connectivity index (χ1n) is 5.13. The molecule has 0 unspecified atom stereocenters. The van der Waals surface area contributed by atoms with Crippen LogP contribution in [0.5, 0.6) is 11.5 Å². The van der Waals surface area contributed by atoms with E-state index >= 15 is 0 Å². The number of anilines is 2. The van der Waals surface area contributed by atoms with Crippen molar-refractivity contribution in [3.63, 3.8) is 0 Å². The Morgan fingerprint density at radius 2 is 1.89 bits per heavy atom. The zero-order valence-corrected chi connectivity index (χ0v) is 9.18. The Morgan fingerprint density at radius 1 is 1.11 bits per heavy atom. The number of nitrogens with two attached hydrogens (primary N) is 2. The smallest absolute Gasteiger partial charge is 0.231 e. The summed E-state index contributed by atoms with van der Waals surface area (Å²) in [5.41, 5.74) is 11.4. The van der Waals surface area contributed by atoms with Crippen LogP contribution in [0.15, 0.2) is 18.2 Å². The molecule has 0 aliphatic carbocycles. The molecule has 0 radical (unpaired) electrons. The first kappa shape index (κ1) is 10.6. The Hall–Kier alpha value is -2.57.